The van der Waals surface area contributed by atoms with Crippen LogP contribution < -0.4 is 10.1 Å². The van der Waals surface area contributed by atoms with Gasteiger partial charge in [-0.3, -0.25) is 4.98 Å². The Balaban J connectivity index is 1.55. The number of fused-ring (bicyclic) bond motifs is 1. The molecule has 0 aliphatic heterocycles. The predicted octanol–water partition coefficient (Wildman–Crippen LogP) is 5.76. The average Bonchev–Trinajstić information content (AvgIpc) is 2.74. The number of halogens is 1. The number of ether oxygens (including phenoxy) is 1. The van der Waals surface area contributed by atoms with Crippen LogP contribution in [-0.4, -0.2) is 4.98 Å². The summed E-state index contributed by atoms with van der Waals surface area (Å²) < 4.78 is 6.18. The summed E-state index contributed by atoms with van der Waals surface area (Å²) >= 11 is 6.09. The number of aromatic nitrogens is 1. The molecule has 1 heterocycles. The highest BCUT2D eigenvalue weighted by Crippen LogP contribution is 2.29. The fraction of sp³-hybridized carbons (Fsp3) is 0.125. The van der Waals surface area contributed by atoms with Crippen LogP contribution in [0.2, 0.25) is 5.02 Å². The fourth-order valence-electron chi connectivity index (χ4n) is 3.25. The number of hydrogen-bond acceptors (Lipinski definition) is 3. The lowest BCUT2D eigenvalue weighted by atomic mass is 10.0. The summed E-state index contributed by atoms with van der Waals surface area (Å²) in [5.41, 5.74) is 3.42. The minimum absolute atomic E-state index is 0.482. The van der Waals surface area contributed by atoms with E-state index in [0.717, 1.165) is 28.4 Å². The summed E-state index contributed by atoms with van der Waals surface area (Å²) in [7, 11) is 0. The highest BCUT2D eigenvalue weighted by molar-refractivity contribution is 6.30. The van der Waals surface area contributed by atoms with E-state index in [9.17, 15) is 0 Å². The SMILES string of the molecule is Clc1cccc(COc2ccc3ccccc3c2CNCc2ccncc2)c1. The second-order valence-corrected chi connectivity index (χ2v) is 7.08. The van der Waals surface area contributed by atoms with Gasteiger partial charge in [0.25, 0.3) is 0 Å². The molecule has 0 saturated heterocycles. The molecule has 140 valence electrons. The summed E-state index contributed by atoms with van der Waals surface area (Å²) in [6, 6.07) is 24.4. The molecule has 28 heavy (non-hydrogen) atoms. The molecule has 3 aromatic carbocycles. The van der Waals surface area contributed by atoms with Crippen molar-refractivity contribution in [2.24, 2.45) is 0 Å². The van der Waals surface area contributed by atoms with Crippen molar-refractivity contribution in [3.05, 3.63) is 107 Å². The molecule has 0 atom stereocenters. The van der Waals surface area contributed by atoms with Crippen molar-refractivity contribution >= 4 is 22.4 Å². The van der Waals surface area contributed by atoms with E-state index in [1.807, 2.05) is 48.8 Å². The Morgan fingerprint density at radius 3 is 2.54 bits per heavy atom. The van der Waals surface area contributed by atoms with Crippen molar-refractivity contribution < 1.29 is 4.74 Å². The Kier molecular flexibility index (Phi) is 5.86. The molecule has 0 bridgehead atoms. The Labute approximate surface area is 170 Å². The van der Waals surface area contributed by atoms with Gasteiger partial charge >= 0.3 is 0 Å². The van der Waals surface area contributed by atoms with Gasteiger partial charge in [-0.15, -0.1) is 0 Å². The van der Waals surface area contributed by atoms with Crippen LogP contribution in [0.15, 0.2) is 85.2 Å². The van der Waals surface area contributed by atoms with Crippen LogP contribution in [0.5, 0.6) is 5.75 Å². The van der Waals surface area contributed by atoms with Gasteiger partial charge in [0.2, 0.25) is 0 Å². The second-order valence-electron chi connectivity index (χ2n) is 6.64. The third-order valence-corrected chi connectivity index (χ3v) is 4.90. The Bertz CT molecular complexity index is 1070. The Morgan fingerprint density at radius 1 is 0.821 bits per heavy atom. The molecule has 0 fully saturated rings. The van der Waals surface area contributed by atoms with Crippen molar-refractivity contribution in [1.82, 2.24) is 10.3 Å². The van der Waals surface area contributed by atoms with Gasteiger partial charge < -0.3 is 10.1 Å². The van der Waals surface area contributed by atoms with E-state index in [0.29, 0.717) is 13.2 Å². The first-order valence-corrected chi connectivity index (χ1v) is 9.65. The van der Waals surface area contributed by atoms with Gasteiger partial charge in [-0.05, 0) is 52.2 Å². The van der Waals surface area contributed by atoms with Crippen molar-refractivity contribution in [1.29, 1.82) is 0 Å². The van der Waals surface area contributed by atoms with E-state index in [1.165, 1.54) is 16.3 Å². The maximum absolute atomic E-state index is 6.18. The molecule has 1 N–H and O–H groups in total. The summed E-state index contributed by atoms with van der Waals surface area (Å²) in [5, 5.41) is 6.66. The van der Waals surface area contributed by atoms with Crippen LogP contribution in [-0.2, 0) is 19.7 Å². The minimum atomic E-state index is 0.482. The molecule has 0 aliphatic rings. The lowest BCUT2D eigenvalue weighted by Gasteiger charge is -2.15. The molecule has 4 heteroatoms. The lowest BCUT2D eigenvalue weighted by Crippen LogP contribution is -2.14. The zero-order valence-electron chi connectivity index (χ0n) is 15.4. The fourth-order valence-corrected chi connectivity index (χ4v) is 3.47. The lowest BCUT2D eigenvalue weighted by molar-refractivity contribution is 0.302. The van der Waals surface area contributed by atoms with Gasteiger partial charge in [-0.25, -0.2) is 0 Å². The first-order chi connectivity index (χ1) is 13.8. The van der Waals surface area contributed by atoms with Crippen LogP contribution in [0.1, 0.15) is 16.7 Å². The van der Waals surface area contributed by atoms with Crippen LogP contribution in [0, 0.1) is 0 Å². The second kappa shape index (κ2) is 8.87. The third-order valence-electron chi connectivity index (χ3n) is 4.66. The summed E-state index contributed by atoms with van der Waals surface area (Å²) in [6.45, 7) is 1.98. The van der Waals surface area contributed by atoms with Crippen molar-refractivity contribution in [3.63, 3.8) is 0 Å². The smallest absolute Gasteiger partial charge is 0.124 e. The van der Waals surface area contributed by atoms with Crippen molar-refractivity contribution in [3.8, 4) is 5.75 Å². The van der Waals surface area contributed by atoms with E-state index in [-0.39, 0.29) is 0 Å². The Morgan fingerprint density at radius 2 is 1.68 bits per heavy atom. The van der Waals surface area contributed by atoms with E-state index >= 15 is 0 Å². The molecule has 0 unspecified atom stereocenters. The van der Waals surface area contributed by atoms with Crippen LogP contribution in [0.4, 0.5) is 0 Å². The topological polar surface area (TPSA) is 34.1 Å². The highest BCUT2D eigenvalue weighted by Gasteiger charge is 2.09. The van der Waals surface area contributed by atoms with Gasteiger partial charge in [0.15, 0.2) is 0 Å². The van der Waals surface area contributed by atoms with Gasteiger partial charge in [-0.1, -0.05) is 54.1 Å². The quantitative estimate of drug-likeness (QED) is 0.437. The molecular formula is C24H21ClN2O. The number of rotatable bonds is 7. The number of pyridine rings is 1. The highest BCUT2D eigenvalue weighted by atomic mass is 35.5. The standard InChI is InChI=1S/C24H21ClN2O/c25-21-6-3-4-19(14-21)17-28-24-9-8-20-5-1-2-7-22(20)23(24)16-27-15-18-10-12-26-13-11-18/h1-14,27H,15-17H2. The Hall–Kier alpha value is -2.88. The zero-order chi connectivity index (χ0) is 19.2. The van der Waals surface area contributed by atoms with E-state index in [4.69, 9.17) is 16.3 Å². The molecule has 4 aromatic rings. The zero-order valence-corrected chi connectivity index (χ0v) is 16.2. The van der Waals surface area contributed by atoms with Gasteiger partial charge in [0.05, 0.1) is 0 Å². The van der Waals surface area contributed by atoms with Crippen molar-refractivity contribution in [2.75, 3.05) is 0 Å². The van der Waals surface area contributed by atoms with E-state index in [2.05, 4.69) is 46.7 Å². The number of nitrogens with one attached hydrogen (secondary N) is 1. The number of benzene rings is 3. The third kappa shape index (κ3) is 4.50. The molecule has 0 amide bonds. The maximum Gasteiger partial charge on any atom is 0.124 e. The van der Waals surface area contributed by atoms with Crippen LogP contribution >= 0.6 is 11.6 Å². The van der Waals surface area contributed by atoms with Crippen LogP contribution in [0.25, 0.3) is 10.8 Å². The van der Waals surface area contributed by atoms with Gasteiger partial charge in [0.1, 0.15) is 12.4 Å². The van der Waals surface area contributed by atoms with Crippen molar-refractivity contribution in [2.45, 2.75) is 19.7 Å². The molecule has 4 rings (SSSR count). The summed E-state index contributed by atoms with van der Waals surface area (Å²) in [6.07, 6.45) is 3.63. The largest absolute Gasteiger partial charge is 0.489 e. The first kappa shape index (κ1) is 18.5. The molecule has 0 radical (unpaired) electrons. The number of nitrogens with zero attached hydrogens (tertiary/aromatic N) is 1. The molecule has 0 aliphatic carbocycles. The monoisotopic (exact) mass is 388 g/mol. The molecule has 0 saturated carbocycles. The van der Waals surface area contributed by atoms with Crippen LogP contribution in [0.3, 0.4) is 0 Å². The summed E-state index contributed by atoms with van der Waals surface area (Å²) in [4.78, 5) is 4.07. The number of hydrogen-bond donors (Lipinski definition) is 1. The normalized spacial score (nSPS) is 10.9. The predicted molar refractivity (Wildman–Crippen MR) is 115 cm³/mol. The summed E-state index contributed by atoms with van der Waals surface area (Å²) in [5.74, 6) is 0.890. The maximum atomic E-state index is 6.18. The van der Waals surface area contributed by atoms with E-state index < -0.39 is 0 Å². The van der Waals surface area contributed by atoms with E-state index in [1.54, 1.807) is 0 Å². The first-order valence-electron chi connectivity index (χ1n) is 9.27. The van der Waals surface area contributed by atoms with Gasteiger partial charge in [0, 0.05) is 36.1 Å². The average molecular weight is 389 g/mol. The molecule has 3 nitrogen and oxygen atoms in total. The van der Waals surface area contributed by atoms with Gasteiger partial charge in [-0.2, -0.15) is 0 Å². The molecular weight excluding hydrogens is 368 g/mol. The molecule has 1 aromatic heterocycles. The minimum Gasteiger partial charge on any atom is -0.489 e. The molecule has 0 spiro atoms.